The van der Waals surface area contributed by atoms with Crippen molar-refractivity contribution < 1.29 is 23.4 Å². The fourth-order valence-electron chi connectivity index (χ4n) is 2.36. The van der Waals surface area contributed by atoms with Crippen molar-refractivity contribution in [2.24, 2.45) is 0 Å². The Hall–Kier alpha value is -1.65. The molecule has 18 heavy (non-hydrogen) atoms. The maximum absolute atomic E-state index is 13.8. The first-order chi connectivity index (χ1) is 8.43. The second-order valence-corrected chi connectivity index (χ2v) is 4.49. The zero-order chi connectivity index (χ0) is 13.4. The van der Waals surface area contributed by atoms with E-state index < -0.39 is 29.1 Å². The van der Waals surface area contributed by atoms with Crippen LogP contribution in [0.25, 0.3) is 0 Å². The zero-order valence-electron chi connectivity index (χ0n) is 9.80. The second kappa shape index (κ2) is 4.55. The van der Waals surface area contributed by atoms with E-state index in [4.69, 9.17) is 0 Å². The molecule has 1 aromatic rings. The van der Waals surface area contributed by atoms with E-state index in [2.05, 4.69) is 0 Å². The summed E-state index contributed by atoms with van der Waals surface area (Å²) in [6.07, 6.45) is 1.51. The SMILES string of the molecule is CC1=C(O)CCCC1c1c(F)cc(F)c(O)c1F. The molecule has 0 bridgehead atoms. The summed E-state index contributed by atoms with van der Waals surface area (Å²) in [6, 6.07) is 0.465. The summed E-state index contributed by atoms with van der Waals surface area (Å²) in [6.45, 7) is 1.58. The Morgan fingerprint density at radius 1 is 1.17 bits per heavy atom. The van der Waals surface area contributed by atoms with Crippen LogP contribution in [0.4, 0.5) is 13.2 Å². The van der Waals surface area contributed by atoms with E-state index in [9.17, 15) is 23.4 Å². The van der Waals surface area contributed by atoms with Gasteiger partial charge in [-0.15, -0.1) is 0 Å². The van der Waals surface area contributed by atoms with Gasteiger partial charge in [0.2, 0.25) is 0 Å². The molecule has 0 aromatic heterocycles. The average Bonchev–Trinajstić information content (AvgIpc) is 2.32. The van der Waals surface area contributed by atoms with E-state index in [-0.39, 0.29) is 11.3 Å². The largest absolute Gasteiger partial charge is 0.512 e. The molecule has 98 valence electrons. The van der Waals surface area contributed by atoms with E-state index in [0.717, 1.165) is 0 Å². The predicted octanol–water partition coefficient (Wildman–Crippen LogP) is 3.91. The molecule has 2 nitrogen and oxygen atoms in total. The highest BCUT2D eigenvalue weighted by Gasteiger charge is 2.29. The monoisotopic (exact) mass is 258 g/mol. The molecule has 1 unspecified atom stereocenters. The number of aliphatic hydroxyl groups excluding tert-OH is 1. The van der Waals surface area contributed by atoms with Gasteiger partial charge in [0.15, 0.2) is 17.4 Å². The van der Waals surface area contributed by atoms with Crippen LogP contribution in [0.2, 0.25) is 0 Å². The third kappa shape index (κ3) is 1.94. The van der Waals surface area contributed by atoms with Gasteiger partial charge in [-0.1, -0.05) is 0 Å². The fourth-order valence-corrected chi connectivity index (χ4v) is 2.36. The number of hydrogen-bond donors (Lipinski definition) is 2. The molecule has 0 saturated heterocycles. The third-order valence-corrected chi connectivity index (χ3v) is 3.41. The third-order valence-electron chi connectivity index (χ3n) is 3.41. The van der Waals surface area contributed by atoms with Crippen LogP contribution in [0.15, 0.2) is 17.4 Å². The van der Waals surface area contributed by atoms with E-state index in [1.165, 1.54) is 0 Å². The number of allylic oxidation sites excluding steroid dienone is 2. The molecular formula is C13H13F3O2. The molecule has 1 atom stereocenters. The molecule has 0 radical (unpaired) electrons. The van der Waals surface area contributed by atoms with Crippen LogP contribution in [-0.2, 0) is 0 Å². The normalized spacial score (nSPS) is 20.3. The quantitative estimate of drug-likeness (QED) is 0.801. The summed E-state index contributed by atoms with van der Waals surface area (Å²) < 4.78 is 40.4. The van der Waals surface area contributed by atoms with Crippen LogP contribution in [0.5, 0.6) is 5.75 Å². The number of aromatic hydroxyl groups is 1. The molecule has 1 aromatic carbocycles. The van der Waals surface area contributed by atoms with Crippen LogP contribution >= 0.6 is 0 Å². The molecule has 5 heteroatoms. The van der Waals surface area contributed by atoms with Crippen molar-refractivity contribution in [2.75, 3.05) is 0 Å². The maximum Gasteiger partial charge on any atom is 0.188 e. The molecule has 0 spiro atoms. The van der Waals surface area contributed by atoms with Crippen molar-refractivity contribution in [1.29, 1.82) is 0 Å². The number of phenolic OH excluding ortho intramolecular Hbond substituents is 1. The van der Waals surface area contributed by atoms with Crippen molar-refractivity contribution in [1.82, 2.24) is 0 Å². The van der Waals surface area contributed by atoms with Gasteiger partial charge in [-0.3, -0.25) is 0 Å². The summed E-state index contributed by atoms with van der Waals surface area (Å²) in [7, 11) is 0. The van der Waals surface area contributed by atoms with E-state index >= 15 is 0 Å². The predicted molar refractivity (Wildman–Crippen MR) is 59.9 cm³/mol. The fraction of sp³-hybridized carbons (Fsp3) is 0.385. The van der Waals surface area contributed by atoms with Crippen LogP contribution in [0.1, 0.15) is 37.7 Å². The maximum atomic E-state index is 13.8. The van der Waals surface area contributed by atoms with Gasteiger partial charge in [0.25, 0.3) is 0 Å². The first-order valence-corrected chi connectivity index (χ1v) is 5.68. The minimum atomic E-state index is -1.32. The van der Waals surface area contributed by atoms with Crippen molar-refractivity contribution in [2.45, 2.75) is 32.1 Å². The van der Waals surface area contributed by atoms with E-state index in [1.54, 1.807) is 6.92 Å². The van der Waals surface area contributed by atoms with Crippen LogP contribution < -0.4 is 0 Å². The molecule has 1 aliphatic rings. The van der Waals surface area contributed by atoms with Gasteiger partial charge < -0.3 is 10.2 Å². The van der Waals surface area contributed by atoms with Crippen LogP contribution in [0.3, 0.4) is 0 Å². The standard InChI is InChI=1S/C13H13F3O2/c1-6-7(3-2-4-10(6)17)11-8(14)5-9(15)13(18)12(11)16/h5,7,17-18H,2-4H2,1H3. The highest BCUT2D eigenvalue weighted by atomic mass is 19.1. The van der Waals surface area contributed by atoms with Crippen LogP contribution in [0, 0.1) is 17.5 Å². The first kappa shape index (κ1) is 12.8. The number of rotatable bonds is 1. The lowest BCUT2D eigenvalue weighted by Gasteiger charge is -2.25. The second-order valence-electron chi connectivity index (χ2n) is 4.49. The Morgan fingerprint density at radius 2 is 1.83 bits per heavy atom. The summed E-state index contributed by atoms with van der Waals surface area (Å²) >= 11 is 0. The highest BCUT2D eigenvalue weighted by Crippen LogP contribution is 2.41. The van der Waals surface area contributed by atoms with Crippen molar-refractivity contribution in [3.63, 3.8) is 0 Å². The average molecular weight is 258 g/mol. The zero-order valence-corrected chi connectivity index (χ0v) is 9.80. The topological polar surface area (TPSA) is 40.5 Å². The molecular weight excluding hydrogens is 245 g/mol. The lowest BCUT2D eigenvalue weighted by molar-refractivity contribution is 0.342. The lowest BCUT2D eigenvalue weighted by Crippen LogP contribution is -2.13. The Balaban J connectivity index is 2.58. The molecule has 0 fully saturated rings. The minimum absolute atomic E-state index is 0.105. The number of phenols is 1. The summed E-state index contributed by atoms with van der Waals surface area (Å²) in [5.74, 6) is -5.38. The van der Waals surface area contributed by atoms with Gasteiger partial charge in [-0.25, -0.2) is 13.2 Å². The van der Waals surface area contributed by atoms with Crippen molar-refractivity contribution in [3.05, 3.63) is 40.4 Å². The van der Waals surface area contributed by atoms with Crippen LogP contribution in [-0.4, -0.2) is 10.2 Å². The van der Waals surface area contributed by atoms with E-state index in [1.807, 2.05) is 0 Å². The number of benzene rings is 1. The van der Waals surface area contributed by atoms with Gasteiger partial charge in [0.05, 0.1) is 5.76 Å². The lowest BCUT2D eigenvalue weighted by atomic mass is 9.82. The van der Waals surface area contributed by atoms with Gasteiger partial charge >= 0.3 is 0 Å². The first-order valence-electron chi connectivity index (χ1n) is 5.68. The summed E-state index contributed by atoms with van der Waals surface area (Å²) in [5.41, 5.74) is 0.0858. The van der Waals surface area contributed by atoms with Gasteiger partial charge in [0.1, 0.15) is 5.82 Å². The smallest absolute Gasteiger partial charge is 0.188 e. The van der Waals surface area contributed by atoms with Crippen molar-refractivity contribution >= 4 is 0 Å². The summed E-state index contributed by atoms with van der Waals surface area (Å²) in [4.78, 5) is 0. The Labute approximate surface area is 102 Å². The Kier molecular flexibility index (Phi) is 3.24. The molecule has 2 N–H and O–H groups in total. The molecule has 2 rings (SSSR count). The minimum Gasteiger partial charge on any atom is -0.512 e. The van der Waals surface area contributed by atoms with Gasteiger partial charge in [-0.05, 0) is 25.3 Å². The highest BCUT2D eigenvalue weighted by molar-refractivity contribution is 5.39. The van der Waals surface area contributed by atoms with E-state index in [0.29, 0.717) is 30.9 Å². The van der Waals surface area contributed by atoms with Gasteiger partial charge in [0, 0.05) is 24.0 Å². The Morgan fingerprint density at radius 3 is 2.50 bits per heavy atom. The molecule has 0 aliphatic heterocycles. The van der Waals surface area contributed by atoms with Gasteiger partial charge in [-0.2, -0.15) is 0 Å². The summed E-state index contributed by atoms with van der Waals surface area (Å²) in [5, 5.41) is 18.8. The number of halogens is 3. The Bertz CT molecular complexity index is 523. The molecule has 0 heterocycles. The molecule has 0 amide bonds. The number of aliphatic hydroxyl groups is 1. The molecule has 1 aliphatic carbocycles. The van der Waals surface area contributed by atoms with Crippen molar-refractivity contribution in [3.8, 4) is 5.75 Å². The number of hydrogen-bond acceptors (Lipinski definition) is 2. The molecule has 0 saturated carbocycles.